The molecule has 4 aliphatic rings. The number of hydrogen-bond donors (Lipinski definition) is 0. The van der Waals surface area contributed by atoms with Gasteiger partial charge in [0.1, 0.15) is 0 Å². The molecule has 0 atom stereocenters. The minimum Gasteiger partial charge on any atom is -0.311 e. The van der Waals surface area contributed by atoms with E-state index in [4.69, 9.17) is 0 Å². The summed E-state index contributed by atoms with van der Waals surface area (Å²) in [6.07, 6.45) is 0. The van der Waals surface area contributed by atoms with Crippen LogP contribution in [0, 0.1) is 0 Å². The summed E-state index contributed by atoms with van der Waals surface area (Å²) >= 11 is 0. The number of anilines is 6. The predicted octanol–water partition coefficient (Wildman–Crippen LogP) is 13.7. The van der Waals surface area contributed by atoms with Crippen LogP contribution < -0.4 is 26.2 Å². The molecule has 3 heteroatoms. The Morgan fingerprint density at radius 1 is 0.317 bits per heavy atom. The molecule has 0 saturated heterocycles. The quantitative estimate of drug-likeness (QED) is 0.164. The van der Waals surface area contributed by atoms with Gasteiger partial charge < -0.3 is 9.80 Å². The third kappa shape index (κ3) is 4.97. The first kappa shape index (κ1) is 36.3. The van der Waals surface area contributed by atoms with Crippen molar-refractivity contribution in [2.75, 3.05) is 9.80 Å². The van der Waals surface area contributed by atoms with E-state index in [0.29, 0.717) is 0 Å². The number of benzene rings is 9. The second-order valence-corrected chi connectivity index (χ2v) is 18.8. The van der Waals surface area contributed by atoms with E-state index in [1.165, 1.54) is 106 Å². The van der Waals surface area contributed by atoms with Crippen LogP contribution in [0.25, 0.3) is 44.5 Å². The van der Waals surface area contributed by atoms with Gasteiger partial charge >= 0.3 is 0 Å². The summed E-state index contributed by atoms with van der Waals surface area (Å²) in [5, 5.41) is 0. The molecular weight excluding hydrogens is 759 g/mol. The van der Waals surface area contributed by atoms with Gasteiger partial charge in [-0.3, -0.25) is 0 Å². The molecule has 13 rings (SSSR count). The van der Waals surface area contributed by atoms with Crippen LogP contribution in [0.4, 0.5) is 34.1 Å². The Morgan fingerprint density at radius 3 is 1.13 bits per heavy atom. The van der Waals surface area contributed by atoms with Gasteiger partial charge in [-0.2, -0.15) is 0 Å². The molecule has 298 valence electrons. The van der Waals surface area contributed by atoms with Gasteiger partial charge in [-0.1, -0.05) is 179 Å². The lowest BCUT2D eigenvalue weighted by molar-refractivity contribution is 0.662. The molecule has 2 nitrogen and oxygen atoms in total. The van der Waals surface area contributed by atoms with E-state index < -0.39 is 0 Å². The molecule has 9 aromatic carbocycles. The van der Waals surface area contributed by atoms with Gasteiger partial charge in [0.15, 0.2) is 0 Å². The highest BCUT2D eigenvalue weighted by Gasteiger charge is 2.43. The lowest BCUT2D eigenvalue weighted by Crippen LogP contribution is -2.61. The van der Waals surface area contributed by atoms with Crippen molar-refractivity contribution >= 4 is 57.2 Å². The van der Waals surface area contributed by atoms with E-state index in [-0.39, 0.29) is 17.5 Å². The minimum atomic E-state index is -0.0846. The molecule has 0 radical (unpaired) electrons. The summed E-state index contributed by atoms with van der Waals surface area (Å²) < 4.78 is 0. The first-order valence-corrected chi connectivity index (χ1v) is 22.4. The smallest absolute Gasteiger partial charge is 0.252 e. The molecule has 9 aromatic rings. The molecule has 2 heterocycles. The topological polar surface area (TPSA) is 6.48 Å². The molecule has 0 saturated carbocycles. The Hall–Kier alpha value is -7.36. The Kier molecular flexibility index (Phi) is 7.54. The molecule has 0 fully saturated rings. The van der Waals surface area contributed by atoms with Crippen LogP contribution in [0.5, 0.6) is 0 Å². The number of fused-ring (bicyclic) bond motifs is 10. The van der Waals surface area contributed by atoms with Gasteiger partial charge in [0.2, 0.25) is 0 Å². The fraction of sp³-hybridized carbons (Fsp3) is 0.100. The maximum absolute atomic E-state index is 2.49. The highest BCUT2D eigenvalue weighted by Crippen LogP contribution is 2.54. The van der Waals surface area contributed by atoms with Crippen molar-refractivity contribution in [3.8, 4) is 44.5 Å². The third-order valence-electron chi connectivity index (χ3n) is 14.8. The Balaban J connectivity index is 0.923. The zero-order chi connectivity index (χ0) is 42.2. The zero-order valence-corrected chi connectivity index (χ0v) is 36.0. The van der Waals surface area contributed by atoms with Crippen molar-refractivity contribution in [2.24, 2.45) is 0 Å². The summed E-state index contributed by atoms with van der Waals surface area (Å²) in [7, 11) is 0. The lowest BCUT2D eigenvalue weighted by atomic mass is 9.33. The maximum atomic E-state index is 2.49. The largest absolute Gasteiger partial charge is 0.311 e. The van der Waals surface area contributed by atoms with Crippen LogP contribution in [0.3, 0.4) is 0 Å². The van der Waals surface area contributed by atoms with Crippen molar-refractivity contribution < 1.29 is 0 Å². The van der Waals surface area contributed by atoms with Crippen LogP contribution in [0.2, 0.25) is 0 Å². The van der Waals surface area contributed by atoms with Crippen molar-refractivity contribution in [2.45, 2.75) is 38.5 Å². The van der Waals surface area contributed by atoms with Crippen molar-refractivity contribution in [3.05, 3.63) is 222 Å². The highest BCUT2D eigenvalue weighted by atomic mass is 15.2. The van der Waals surface area contributed by atoms with Gasteiger partial charge in [0.25, 0.3) is 6.71 Å². The van der Waals surface area contributed by atoms with Crippen molar-refractivity contribution in [1.29, 1.82) is 0 Å². The second-order valence-electron chi connectivity index (χ2n) is 18.8. The number of nitrogens with zero attached hydrogens (tertiary/aromatic N) is 2. The average Bonchev–Trinajstić information content (AvgIpc) is 3.71. The lowest BCUT2D eigenvalue weighted by Gasteiger charge is -2.44. The molecule has 0 unspecified atom stereocenters. The standard InChI is InChI=1S/C60H45BN2/c1-59(2)48-22-7-5-16-44(48)46-20-13-18-42(56(46)59)38-30-34-40(35-31-38)62-52-26-11-9-24-50(52)61-51-25-10-12-27-53(51)63(55-29-15-28-54(62)58(55)61)41-36-32-39(33-37-41)43-19-14-21-47-45-17-6-8-23-49(45)60(3,4)57(43)47/h5-37H,1-4H3. The molecule has 0 amide bonds. The average molecular weight is 805 g/mol. The number of hydrogen-bond acceptors (Lipinski definition) is 2. The number of para-hydroxylation sites is 2. The Morgan fingerprint density at radius 2 is 0.667 bits per heavy atom. The summed E-state index contributed by atoms with van der Waals surface area (Å²) in [6.45, 7) is 9.60. The zero-order valence-electron chi connectivity index (χ0n) is 36.0. The normalized spacial score (nSPS) is 15.1. The van der Waals surface area contributed by atoms with E-state index in [1.54, 1.807) is 0 Å². The highest BCUT2D eigenvalue weighted by molar-refractivity contribution is 7.00. The first-order chi connectivity index (χ1) is 30.8. The van der Waals surface area contributed by atoms with Crippen molar-refractivity contribution in [3.63, 3.8) is 0 Å². The van der Waals surface area contributed by atoms with Crippen LogP contribution in [-0.2, 0) is 10.8 Å². The molecule has 0 bridgehead atoms. The molecule has 0 aromatic heterocycles. The van der Waals surface area contributed by atoms with Crippen LogP contribution >= 0.6 is 0 Å². The molecule has 2 aliphatic carbocycles. The minimum absolute atomic E-state index is 0.0846. The second kappa shape index (κ2) is 13.1. The van der Waals surface area contributed by atoms with Crippen LogP contribution in [0.1, 0.15) is 49.9 Å². The van der Waals surface area contributed by atoms with E-state index in [1.807, 2.05) is 0 Å². The molecule has 2 aliphatic heterocycles. The Labute approximate surface area is 370 Å². The summed E-state index contributed by atoms with van der Waals surface area (Å²) in [6, 6.07) is 75.1. The maximum Gasteiger partial charge on any atom is 0.252 e. The molecule has 0 N–H and O–H groups in total. The van der Waals surface area contributed by atoms with Gasteiger partial charge in [-0.05, 0) is 132 Å². The van der Waals surface area contributed by atoms with Crippen LogP contribution in [-0.4, -0.2) is 6.71 Å². The third-order valence-corrected chi connectivity index (χ3v) is 14.8. The summed E-state index contributed by atoms with van der Waals surface area (Å²) in [4.78, 5) is 4.99. The summed E-state index contributed by atoms with van der Waals surface area (Å²) in [5.41, 5.74) is 27.2. The van der Waals surface area contributed by atoms with E-state index in [2.05, 4.69) is 238 Å². The van der Waals surface area contributed by atoms with Gasteiger partial charge in [-0.25, -0.2) is 0 Å². The summed E-state index contributed by atoms with van der Waals surface area (Å²) in [5.74, 6) is 0. The molecular formula is C60H45BN2. The van der Waals surface area contributed by atoms with Crippen LogP contribution in [0.15, 0.2) is 200 Å². The van der Waals surface area contributed by atoms with Gasteiger partial charge in [0, 0.05) is 45.0 Å². The fourth-order valence-corrected chi connectivity index (χ4v) is 12.1. The first-order valence-electron chi connectivity index (χ1n) is 22.4. The van der Waals surface area contributed by atoms with E-state index in [9.17, 15) is 0 Å². The number of rotatable bonds is 4. The predicted molar refractivity (Wildman–Crippen MR) is 266 cm³/mol. The fourth-order valence-electron chi connectivity index (χ4n) is 12.1. The Bertz CT molecular complexity index is 3140. The molecule has 0 spiro atoms. The monoisotopic (exact) mass is 804 g/mol. The van der Waals surface area contributed by atoms with E-state index in [0.717, 1.165) is 11.4 Å². The van der Waals surface area contributed by atoms with Gasteiger partial charge in [0.05, 0.1) is 0 Å². The SMILES string of the molecule is CC1(C)c2ccccc2-c2cccc(-c3ccc(N4c5ccccc5B5c6ccccc6N(c6ccc(-c7cccc8c7C(C)(C)c7ccccc7-8)cc6)c6cccc4c65)cc3)c21. The van der Waals surface area contributed by atoms with Gasteiger partial charge in [-0.15, -0.1) is 0 Å². The van der Waals surface area contributed by atoms with E-state index >= 15 is 0 Å². The molecule has 63 heavy (non-hydrogen) atoms. The van der Waals surface area contributed by atoms with Crippen molar-refractivity contribution in [1.82, 2.24) is 0 Å².